The van der Waals surface area contributed by atoms with Crippen LogP contribution in [0.25, 0.3) is 10.2 Å². The van der Waals surface area contributed by atoms with E-state index in [1.807, 2.05) is 32.0 Å². The van der Waals surface area contributed by atoms with Crippen LogP contribution in [0.15, 0.2) is 54.1 Å². The Balaban J connectivity index is 1.68. The SMILES string of the molecule is Cc1ccc2nc(N3C(=O)C(O)=C(C(=O)c4sc(C)nc4C)C3c3ccncc3)sc2c1. The molecule has 4 heterocycles. The highest BCUT2D eigenvalue weighted by Gasteiger charge is 2.46. The average molecular weight is 463 g/mol. The molecule has 3 aromatic heterocycles. The third kappa shape index (κ3) is 3.21. The molecule has 0 bridgehead atoms. The number of thiazole rings is 2. The Hall–Kier alpha value is -3.43. The summed E-state index contributed by atoms with van der Waals surface area (Å²) in [5, 5.41) is 12.0. The number of hydrogen-bond acceptors (Lipinski definition) is 8. The second-order valence-corrected chi connectivity index (χ2v) is 9.78. The first-order valence-corrected chi connectivity index (χ1v) is 11.5. The van der Waals surface area contributed by atoms with Crippen molar-refractivity contribution < 1.29 is 14.7 Å². The van der Waals surface area contributed by atoms with Gasteiger partial charge in [-0.3, -0.25) is 19.5 Å². The summed E-state index contributed by atoms with van der Waals surface area (Å²) >= 11 is 2.60. The van der Waals surface area contributed by atoms with Crippen molar-refractivity contribution in [2.24, 2.45) is 0 Å². The van der Waals surface area contributed by atoms with E-state index in [-0.39, 0.29) is 5.57 Å². The standard InChI is InChI=1S/C23H18N4O3S2/c1-11-4-5-15-16(10-11)32-23(26-15)27-18(14-6-8-24-9-7-14)17(20(29)22(27)30)19(28)21-12(2)25-13(3)31-21/h4-10,18,29H,1-3H3. The van der Waals surface area contributed by atoms with Crippen molar-refractivity contribution in [3.63, 3.8) is 0 Å². The van der Waals surface area contributed by atoms with Crippen molar-refractivity contribution in [2.75, 3.05) is 4.90 Å². The summed E-state index contributed by atoms with van der Waals surface area (Å²) < 4.78 is 0.925. The fourth-order valence-corrected chi connectivity index (χ4v) is 5.85. The van der Waals surface area contributed by atoms with Crippen molar-refractivity contribution in [1.82, 2.24) is 15.0 Å². The lowest BCUT2D eigenvalue weighted by atomic mass is 9.96. The molecule has 9 heteroatoms. The van der Waals surface area contributed by atoms with Crippen molar-refractivity contribution >= 4 is 49.7 Å². The van der Waals surface area contributed by atoms with Gasteiger partial charge in [-0.25, -0.2) is 9.97 Å². The van der Waals surface area contributed by atoms with E-state index in [0.717, 1.165) is 20.8 Å². The predicted octanol–water partition coefficient (Wildman–Crippen LogP) is 4.86. The van der Waals surface area contributed by atoms with E-state index < -0.39 is 23.5 Å². The Bertz CT molecular complexity index is 1420. The number of carbonyl (C=O) groups excluding carboxylic acids is 2. The molecular formula is C23H18N4O3S2. The van der Waals surface area contributed by atoms with Crippen LogP contribution in [0.5, 0.6) is 0 Å². The van der Waals surface area contributed by atoms with Crippen LogP contribution < -0.4 is 4.90 Å². The molecule has 0 aliphatic carbocycles. The van der Waals surface area contributed by atoms with Gasteiger partial charge in [0, 0.05) is 12.4 Å². The molecule has 0 saturated carbocycles. The summed E-state index contributed by atoms with van der Waals surface area (Å²) in [5.74, 6) is -1.61. The first-order valence-electron chi connectivity index (χ1n) is 9.87. The minimum Gasteiger partial charge on any atom is -0.503 e. The molecule has 1 aromatic carbocycles. The fourth-order valence-electron chi connectivity index (χ4n) is 3.88. The van der Waals surface area contributed by atoms with Crippen LogP contribution in [0.1, 0.15) is 37.5 Å². The van der Waals surface area contributed by atoms with Crippen LogP contribution in [-0.4, -0.2) is 31.7 Å². The molecule has 0 saturated heterocycles. The van der Waals surface area contributed by atoms with E-state index in [2.05, 4.69) is 15.0 Å². The molecule has 32 heavy (non-hydrogen) atoms. The summed E-state index contributed by atoms with van der Waals surface area (Å²) in [7, 11) is 0. The number of fused-ring (bicyclic) bond motifs is 1. The minimum atomic E-state index is -0.818. The van der Waals surface area contributed by atoms with Gasteiger partial charge in [-0.05, 0) is 56.2 Å². The summed E-state index contributed by atoms with van der Waals surface area (Å²) in [6.45, 7) is 5.56. The van der Waals surface area contributed by atoms with E-state index >= 15 is 0 Å². The zero-order chi connectivity index (χ0) is 22.6. The molecule has 1 amide bonds. The number of nitrogens with zero attached hydrogens (tertiary/aromatic N) is 4. The van der Waals surface area contributed by atoms with Gasteiger partial charge < -0.3 is 5.11 Å². The summed E-state index contributed by atoms with van der Waals surface area (Å²) in [6, 6.07) is 8.51. The number of benzene rings is 1. The maximum absolute atomic E-state index is 13.6. The van der Waals surface area contributed by atoms with Gasteiger partial charge in [0.2, 0.25) is 5.78 Å². The maximum Gasteiger partial charge on any atom is 0.296 e. The van der Waals surface area contributed by atoms with Crippen LogP contribution in [0.4, 0.5) is 5.13 Å². The van der Waals surface area contributed by atoms with E-state index in [9.17, 15) is 14.7 Å². The van der Waals surface area contributed by atoms with E-state index in [1.165, 1.54) is 27.6 Å². The lowest BCUT2D eigenvalue weighted by Gasteiger charge is -2.24. The quantitative estimate of drug-likeness (QED) is 0.435. The number of aliphatic hydroxyl groups excluding tert-OH is 1. The number of hydrogen-bond donors (Lipinski definition) is 1. The van der Waals surface area contributed by atoms with Gasteiger partial charge in [0.15, 0.2) is 10.9 Å². The average Bonchev–Trinajstić information content (AvgIpc) is 3.41. The normalized spacial score (nSPS) is 16.4. The molecule has 7 nitrogen and oxygen atoms in total. The summed E-state index contributed by atoms with van der Waals surface area (Å²) in [6.07, 6.45) is 3.19. The van der Waals surface area contributed by atoms with Crippen molar-refractivity contribution in [2.45, 2.75) is 26.8 Å². The molecule has 1 N–H and O–H groups in total. The number of anilines is 1. The van der Waals surface area contributed by atoms with E-state index in [1.54, 1.807) is 31.5 Å². The van der Waals surface area contributed by atoms with Gasteiger partial charge in [-0.1, -0.05) is 17.4 Å². The van der Waals surface area contributed by atoms with Crippen LogP contribution in [-0.2, 0) is 4.79 Å². The Kier molecular flexibility index (Phi) is 4.87. The maximum atomic E-state index is 13.6. The fraction of sp³-hybridized carbons (Fsp3) is 0.174. The second-order valence-electron chi connectivity index (χ2n) is 7.56. The van der Waals surface area contributed by atoms with E-state index in [4.69, 9.17) is 0 Å². The molecule has 4 aromatic rings. The van der Waals surface area contributed by atoms with Gasteiger partial charge in [-0.2, -0.15) is 0 Å². The number of aliphatic hydroxyl groups is 1. The second kappa shape index (κ2) is 7.61. The Morgan fingerprint density at radius 1 is 1.06 bits per heavy atom. The Labute approximate surface area is 191 Å². The smallest absolute Gasteiger partial charge is 0.296 e. The Morgan fingerprint density at radius 2 is 1.81 bits per heavy atom. The van der Waals surface area contributed by atoms with Crippen LogP contribution in [0, 0.1) is 20.8 Å². The molecule has 0 fully saturated rings. The highest BCUT2D eigenvalue weighted by atomic mass is 32.1. The summed E-state index contributed by atoms with van der Waals surface area (Å²) in [5.41, 5.74) is 3.11. The molecule has 0 radical (unpaired) electrons. The zero-order valence-corrected chi connectivity index (χ0v) is 19.1. The molecule has 0 spiro atoms. The summed E-state index contributed by atoms with van der Waals surface area (Å²) in [4.78, 5) is 41.7. The highest BCUT2D eigenvalue weighted by molar-refractivity contribution is 7.22. The van der Waals surface area contributed by atoms with Gasteiger partial charge in [0.25, 0.3) is 5.91 Å². The molecule has 5 rings (SSSR count). The number of carbonyl (C=O) groups is 2. The van der Waals surface area contributed by atoms with Crippen LogP contribution in [0.3, 0.4) is 0 Å². The van der Waals surface area contributed by atoms with Gasteiger partial charge in [-0.15, -0.1) is 11.3 Å². The van der Waals surface area contributed by atoms with Gasteiger partial charge in [0.1, 0.15) is 0 Å². The number of rotatable bonds is 4. The van der Waals surface area contributed by atoms with Crippen molar-refractivity contribution in [1.29, 1.82) is 0 Å². The monoisotopic (exact) mass is 462 g/mol. The number of amides is 1. The largest absolute Gasteiger partial charge is 0.503 e. The molecule has 1 atom stereocenters. The highest BCUT2D eigenvalue weighted by Crippen LogP contribution is 2.44. The molecule has 1 unspecified atom stereocenters. The molecule has 160 valence electrons. The zero-order valence-electron chi connectivity index (χ0n) is 17.5. The van der Waals surface area contributed by atoms with Crippen molar-refractivity contribution in [3.05, 3.63) is 80.8 Å². The molecular weight excluding hydrogens is 444 g/mol. The number of aromatic nitrogens is 3. The number of ketones is 1. The van der Waals surface area contributed by atoms with Crippen molar-refractivity contribution in [3.8, 4) is 0 Å². The van der Waals surface area contributed by atoms with E-state index in [0.29, 0.717) is 21.3 Å². The molecule has 1 aliphatic rings. The Morgan fingerprint density at radius 3 is 2.50 bits per heavy atom. The number of Topliss-reactive ketones (excluding diaryl/α,β-unsaturated/α-hetero) is 1. The third-order valence-corrected chi connectivity index (χ3v) is 7.41. The third-order valence-electron chi connectivity index (χ3n) is 5.32. The van der Waals surface area contributed by atoms with Gasteiger partial charge >= 0.3 is 0 Å². The topological polar surface area (TPSA) is 96.3 Å². The van der Waals surface area contributed by atoms with Crippen LogP contribution >= 0.6 is 22.7 Å². The minimum absolute atomic E-state index is 0.0309. The lowest BCUT2D eigenvalue weighted by Crippen LogP contribution is -2.31. The number of aryl methyl sites for hydroxylation is 3. The van der Waals surface area contributed by atoms with Gasteiger partial charge in [0.05, 0.1) is 37.4 Å². The predicted molar refractivity (Wildman–Crippen MR) is 124 cm³/mol. The first kappa shape index (κ1) is 20.5. The number of pyridine rings is 1. The first-order chi connectivity index (χ1) is 15.3. The lowest BCUT2D eigenvalue weighted by molar-refractivity contribution is -0.117. The molecule has 1 aliphatic heterocycles. The van der Waals surface area contributed by atoms with Crippen LogP contribution in [0.2, 0.25) is 0 Å².